The molecule has 0 saturated heterocycles. The molecule has 10 heteroatoms. The molecule has 0 aliphatic rings. The van der Waals surface area contributed by atoms with E-state index in [4.69, 9.17) is 0 Å². The Bertz CT molecular complexity index is 1470. The van der Waals surface area contributed by atoms with Crippen LogP contribution in [-0.2, 0) is 27.9 Å². The number of carbonyl (C=O) groups is 1. The molecule has 0 spiro atoms. The Balaban J connectivity index is 1.37. The number of nitrogens with zero attached hydrogens (tertiary/aromatic N) is 3. The van der Waals surface area contributed by atoms with E-state index in [0.717, 1.165) is 27.8 Å². The molecule has 0 aliphatic carbocycles. The minimum atomic E-state index is -3.68. The van der Waals surface area contributed by atoms with Crippen molar-refractivity contribution >= 4 is 44.3 Å². The first-order valence-electron chi connectivity index (χ1n) is 11.3. The van der Waals surface area contributed by atoms with E-state index in [-0.39, 0.29) is 17.3 Å². The molecule has 0 radical (unpaired) electrons. The third-order valence-electron chi connectivity index (χ3n) is 5.43. The number of para-hydroxylation sites is 1. The monoisotopic (exact) mass is 504 g/mol. The van der Waals surface area contributed by atoms with Gasteiger partial charge in [0.05, 0.1) is 10.4 Å². The van der Waals surface area contributed by atoms with Gasteiger partial charge >= 0.3 is 0 Å². The predicted molar refractivity (Wildman–Crippen MR) is 142 cm³/mol. The van der Waals surface area contributed by atoms with E-state index >= 15 is 0 Å². The summed E-state index contributed by atoms with van der Waals surface area (Å²) in [6.07, 6.45) is 0. The summed E-state index contributed by atoms with van der Waals surface area (Å²) >= 11 is 0. The number of carbonyl (C=O) groups excluding carboxylic acids is 1. The predicted octanol–water partition coefficient (Wildman–Crippen LogP) is 3.74. The molecule has 186 valence electrons. The summed E-state index contributed by atoms with van der Waals surface area (Å²) in [4.78, 5) is 22.5. The summed E-state index contributed by atoms with van der Waals surface area (Å²) in [6, 6.07) is 21.5. The average molecular weight is 505 g/mol. The molecule has 1 heterocycles. The fourth-order valence-electron chi connectivity index (χ4n) is 3.62. The summed E-state index contributed by atoms with van der Waals surface area (Å²) in [5.74, 6) is 1.17. The number of rotatable bonds is 9. The Morgan fingerprint density at radius 3 is 2.14 bits per heavy atom. The molecule has 36 heavy (non-hydrogen) atoms. The van der Waals surface area contributed by atoms with Gasteiger partial charge in [-0.1, -0.05) is 36.4 Å². The van der Waals surface area contributed by atoms with Crippen LogP contribution < -0.4 is 20.3 Å². The van der Waals surface area contributed by atoms with E-state index in [2.05, 4.69) is 25.3 Å². The largest absolute Gasteiger partial charge is 0.362 e. The lowest BCUT2D eigenvalue weighted by Gasteiger charge is -2.16. The summed E-state index contributed by atoms with van der Waals surface area (Å²) < 4.78 is 27.8. The molecule has 1 aromatic heterocycles. The number of benzene rings is 3. The molecule has 1 amide bonds. The Labute approximate surface area is 210 Å². The van der Waals surface area contributed by atoms with Crippen LogP contribution in [0.25, 0.3) is 10.9 Å². The molecule has 4 aromatic rings. The van der Waals surface area contributed by atoms with Gasteiger partial charge in [0.2, 0.25) is 21.9 Å². The number of aromatic nitrogens is 2. The molecule has 0 saturated carbocycles. The van der Waals surface area contributed by atoms with Gasteiger partial charge < -0.3 is 15.5 Å². The van der Waals surface area contributed by atoms with E-state index in [9.17, 15) is 13.2 Å². The van der Waals surface area contributed by atoms with E-state index in [1.54, 1.807) is 12.1 Å². The molecule has 9 nitrogen and oxygen atoms in total. The molecule has 0 aliphatic heterocycles. The number of sulfonamides is 1. The second-order valence-corrected chi connectivity index (χ2v) is 10.2. The van der Waals surface area contributed by atoms with Gasteiger partial charge in [0.25, 0.3) is 0 Å². The second-order valence-electron chi connectivity index (χ2n) is 8.48. The van der Waals surface area contributed by atoms with Crippen LogP contribution in [0.1, 0.15) is 18.1 Å². The van der Waals surface area contributed by atoms with Crippen molar-refractivity contribution in [3.63, 3.8) is 0 Å². The molecule has 4 rings (SSSR count). The minimum Gasteiger partial charge on any atom is -0.362 e. The number of hydrogen-bond acceptors (Lipinski definition) is 7. The van der Waals surface area contributed by atoms with E-state index < -0.39 is 10.0 Å². The van der Waals surface area contributed by atoms with E-state index in [0.29, 0.717) is 18.2 Å². The SMILES string of the molecule is CC(=O)Nc1ccc(S(=O)(=O)NCc2ccc(CNc3nc(N(C)C)c4ccccc4n3)cc2)cc1. The first-order valence-corrected chi connectivity index (χ1v) is 12.8. The highest BCUT2D eigenvalue weighted by atomic mass is 32.2. The third-order valence-corrected chi connectivity index (χ3v) is 6.85. The first-order chi connectivity index (χ1) is 17.2. The summed E-state index contributed by atoms with van der Waals surface area (Å²) in [7, 11) is 0.217. The number of fused-ring (bicyclic) bond motifs is 1. The van der Waals surface area contributed by atoms with Crippen molar-refractivity contribution in [1.82, 2.24) is 14.7 Å². The third kappa shape index (κ3) is 6.15. The lowest BCUT2D eigenvalue weighted by atomic mass is 10.1. The second kappa shape index (κ2) is 10.7. The van der Waals surface area contributed by atoms with Crippen molar-refractivity contribution in [1.29, 1.82) is 0 Å². The van der Waals surface area contributed by atoms with Gasteiger partial charge in [-0.15, -0.1) is 0 Å². The molecule has 0 bridgehead atoms. The van der Waals surface area contributed by atoms with Crippen molar-refractivity contribution in [2.75, 3.05) is 29.6 Å². The zero-order chi connectivity index (χ0) is 25.7. The maximum atomic E-state index is 12.6. The van der Waals surface area contributed by atoms with Crippen LogP contribution in [0, 0.1) is 0 Å². The number of anilines is 3. The average Bonchev–Trinajstić information content (AvgIpc) is 2.86. The van der Waals surface area contributed by atoms with E-state index in [1.165, 1.54) is 19.1 Å². The van der Waals surface area contributed by atoms with Crippen molar-refractivity contribution in [3.05, 3.63) is 83.9 Å². The van der Waals surface area contributed by atoms with Crippen LogP contribution >= 0.6 is 0 Å². The number of hydrogen-bond donors (Lipinski definition) is 3. The van der Waals surface area contributed by atoms with Gasteiger partial charge in [-0.2, -0.15) is 4.98 Å². The molecule has 0 fully saturated rings. The van der Waals surface area contributed by atoms with Gasteiger partial charge in [0, 0.05) is 45.2 Å². The quantitative estimate of drug-likeness (QED) is 0.318. The van der Waals surface area contributed by atoms with Gasteiger partial charge in [0.15, 0.2) is 0 Å². The fourth-order valence-corrected chi connectivity index (χ4v) is 4.64. The van der Waals surface area contributed by atoms with Gasteiger partial charge in [0.1, 0.15) is 5.82 Å². The lowest BCUT2D eigenvalue weighted by Crippen LogP contribution is -2.23. The molecular weight excluding hydrogens is 476 g/mol. The normalized spacial score (nSPS) is 11.3. The number of nitrogens with one attached hydrogen (secondary N) is 3. The van der Waals surface area contributed by atoms with Gasteiger partial charge in [-0.3, -0.25) is 4.79 Å². The molecule has 3 N–H and O–H groups in total. The zero-order valence-corrected chi connectivity index (χ0v) is 21.1. The van der Waals surface area contributed by atoms with Crippen molar-refractivity contribution in [2.45, 2.75) is 24.9 Å². The summed E-state index contributed by atoms with van der Waals surface area (Å²) in [5, 5.41) is 6.88. The van der Waals surface area contributed by atoms with Crippen LogP contribution in [0.4, 0.5) is 17.5 Å². The fraction of sp³-hybridized carbons (Fsp3) is 0.192. The van der Waals surface area contributed by atoms with E-state index in [1.807, 2.05) is 67.5 Å². The Hall–Kier alpha value is -4.02. The van der Waals surface area contributed by atoms with Gasteiger partial charge in [-0.25, -0.2) is 18.1 Å². The van der Waals surface area contributed by atoms with Crippen LogP contribution in [0.3, 0.4) is 0 Å². The smallest absolute Gasteiger partial charge is 0.240 e. The molecular formula is C26H28N6O3S. The van der Waals surface area contributed by atoms with Gasteiger partial charge in [-0.05, 0) is 47.5 Å². The highest BCUT2D eigenvalue weighted by Gasteiger charge is 2.14. The van der Waals surface area contributed by atoms with Crippen LogP contribution in [0.15, 0.2) is 77.7 Å². The van der Waals surface area contributed by atoms with Crippen molar-refractivity contribution in [3.8, 4) is 0 Å². The van der Waals surface area contributed by atoms with Crippen LogP contribution in [-0.4, -0.2) is 38.4 Å². The summed E-state index contributed by atoms with van der Waals surface area (Å²) in [6.45, 7) is 2.08. The molecule has 0 atom stereocenters. The topological polar surface area (TPSA) is 116 Å². The number of amides is 1. The standard InChI is InChI=1S/C26H28N6O3S/c1-18(33)29-21-12-14-22(15-13-21)36(34,35)28-17-20-10-8-19(9-11-20)16-27-26-30-24-7-5-4-6-23(24)25(31-26)32(2)3/h4-15,28H,16-17H2,1-3H3,(H,29,33)(H,27,30,31). The Kier molecular flexibility index (Phi) is 7.47. The first kappa shape index (κ1) is 25.1. The van der Waals surface area contributed by atoms with Crippen LogP contribution in [0.5, 0.6) is 0 Å². The maximum absolute atomic E-state index is 12.6. The maximum Gasteiger partial charge on any atom is 0.240 e. The highest BCUT2D eigenvalue weighted by Crippen LogP contribution is 2.24. The van der Waals surface area contributed by atoms with Crippen LogP contribution in [0.2, 0.25) is 0 Å². The Morgan fingerprint density at radius 2 is 1.50 bits per heavy atom. The van der Waals surface area contributed by atoms with Crippen molar-refractivity contribution < 1.29 is 13.2 Å². The highest BCUT2D eigenvalue weighted by molar-refractivity contribution is 7.89. The summed E-state index contributed by atoms with van der Waals surface area (Å²) in [5.41, 5.74) is 3.25. The van der Waals surface area contributed by atoms with Crippen molar-refractivity contribution in [2.24, 2.45) is 0 Å². The minimum absolute atomic E-state index is 0.130. The Morgan fingerprint density at radius 1 is 0.861 bits per heavy atom. The zero-order valence-electron chi connectivity index (χ0n) is 20.3. The lowest BCUT2D eigenvalue weighted by molar-refractivity contribution is -0.114. The molecule has 0 unspecified atom stereocenters. The molecule has 3 aromatic carbocycles.